The van der Waals surface area contributed by atoms with Crippen LogP contribution in [0, 0.1) is 17.1 Å². The summed E-state index contributed by atoms with van der Waals surface area (Å²) in [6.45, 7) is 0. The Kier molecular flexibility index (Phi) is 1.82. The molecule has 64 valence electrons. The van der Waals surface area contributed by atoms with Gasteiger partial charge in [-0.25, -0.2) is 4.39 Å². The highest BCUT2D eigenvalue weighted by Crippen LogP contribution is 2.29. The summed E-state index contributed by atoms with van der Waals surface area (Å²) >= 11 is 3.03. The molecule has 0 atom stereocenters. The second-order valence-corrected chi connectivity index (χ2v) is 3.30. The molecular formula is C9H3BrFNO. The molecule has 1 aromatic heterocycles. The highest BCUT2D eigenvalue weighted by Gasteiger charge is 2.12. The molecule has 0 radical (unpaired) electrons. The van der Waals surface area contributed by atoms with Crippen molar-refractivity contribution < 1.29 is 8.81 Å². The van der Waals surface area contributed by atoms with E-state index >= 15 is 0 Å². The maximum Gasteiger partial charge on any atom is 0.158 e. The largest absolute Gasteiger partial charge is 0.463 e. The monoisotopic (exact) mass is 239 g/mol. The van der Waals surface area contributed by atoms with Gasteiger partial charge in [0, 0.05) is 5.39 Å². The molecule has 2 rings (SSSR count). The Morgan fingerprint density at radius 2 is 2.31 bits per heavy atom. The molecule has 0 fully saturated rings. The predicted octanol–water partition coefficient (Wildman–Crippen LogP) is 3.21. The first-order valence-electron chi connectivity index (χ1n) is 3.49. The standard InChI is InChI=1S/C9H3BrFNO/c10-7-8(11)6(4-12)3-5-1-2-13-9(5)7/h1-3H. The molecule has 0 unspecified atom stereocenters. The Labute approximate surface area is 81.7 Å². The van der Waals surface area contributed by atoms with Crippen molar-refractivity contribution in [1.82, 2.24) is 0 Å². The maximum atomic E-state index is 13.3. The summed E-state index contributed by atoms with van der Waals surface area (Å²) < 4.78 is 18.5. The number of hydrogen-bond acceptors (Lipinski definition) is 2. The first-order chi connectivity index (χ1) is 6.24. The summed E-state index contributed by atoms with van der Waals surface area (Å²) in [6.07, 6.45) is 1.45. The highest BCUT2D eigenvalue weighted by atomic mass is 79.9. The second kappa shape index (κ2) is 2.86. The van der Waals surface area contributed by atoms with Gasteiger partial charge in [0.25, 0.3) is 0 Å². The van der Waals surface area contributed by atoms with Crippen LogP contribution in [-0.2, 0) is 0 Å². The zero-order chi connectivity index (χ0) is 9.42. The van der Waals surface area contributed by atoms with E-state index in [1.807, 2.05) is 0 Å². The van der Waals surface area contributed by atoms with Crippen molar-refractivity contribution in [2.24, 2.45) is 0 Å². The third-order valence-corrected chi connectivity index (χ3v) is 2.45. The van der Waals surface area contributed by atoms with Crippen LogP contribution in [0.15, 0.2) is 27.3 Å². The van der Waals surface area contributed by atoms with Crippen LogP contribution >= 0.6 is 15.9 Å². The van der Waals surface area contributed by atoms with E-state index in [9.17, 15) is 4.39 Å². The third kappa shape index (κ3) is 1.12. The second-order valence-electron chi connectivity index (χ2n) is 2.50. The number of nitriles is 1. The molecule has 0 aliphatic heterocycles. The fourth-order valence-electron chi connectivity index (χ4n) is 1.13. The summed E-state index contributed by atoms with van der Waals surface area (Å²) in [6, 6.07) is 4.91. The van der Waals surface area contributed by atoms with E-state index in [1.54, 1.807) is 12.1 Å². The van der Waals surface area contributed by atoms with Crippen molar-refractivity contribution in [1.29, 1.82) is 5.26 Å². The molecule has 0 spiro atoms. The van der Waals surface area contributed by atoms with Gasteiger partial charge in [0.1, 0.15) is 6.07 Å². The Bertz CT molecular complexity index is 512. The number of fused-ring (bicyclic) bond motifs is 1. The first-order valence-corrected chi connectivity index (χ1v) is 4.28. The molecule has 0 amide bonds. The molecule has 1 heterocycles. The van der Waals surface area contributed by atoms with E-state index in [4.69, 9.17) is 9.68 Å². The fourth-order valence-corrected chi connectivity index (χ4v) is 1.67. The zero-order valence-electron chi connectivity index (χ0n) is 6.34. The predicted molar refractivity (Wildman–Crippen MR) is 48.6 cm³/mol. The topological polar surface area (TPSA) is 36.9 Å². The SMILES string of the molecule is N#Cc1cc2ccoc2c(Br)c1F. The molecule has 2 nitrogen and oxygen atoms in total. The molecule has 0 saturated carbocycles. The minimum absolute atomic E-state index is 0.0146. The lowest BCUT2D eigenvalue weighted by atomic mass is 10.2. The Morgan fingerprint density at radius 3 is 3.00 bits per heavy atom. The number of rotatable bonds is 0. The van der Waals surface area contributed by atoms with Gasteiger partial charge in [-0.3, -0.25) is 0 Å². The number of furan rings is 1. The van der Waals surface area contributed by atoms with Gasteiger partial charge in [0.15, 0.2) is 11.4 Å². The minimum Gasteiger partial charge on any atom is -0.463 e. The van der Waals surface area contributed by atoms with E-state index in [1.165, 1.54) is 12.3 Å². The molecule has 13 heavy (non-hydrogen) atoms. The van der Waals surface area contributed by atoms with Crippen molar-refractivity contribution in [3.05, 3.63) is 34.2 Å². The van der Waals surface area contributed by atoms with Gasteiger partial charge >= 0.3 is 0 Å². The zero-order valence-corrected chi connectivity index (χ0v) is 7.93. The summed E-state index contributed by atoms with van der Waals surface area (Å²) in [7, 11) is 0. The van der Waals surface area contributed by atoms with Crippen molar-refractivity contribution in [3.63, 3.8) is 0 Å². The molecule has 0 saturated heterocycles. The molecule has 0 N–H and O–H groups in total. The number of halogens is 2. The van der Waals surface area contributed by atoms with Crippen molar-refractivity contribution in [3.8, 4) is 6.07 Å². The fraction of sp³-hybridized carbons (Fsp3) is 0. The molecule has 0 aliphatic carbocycles. The molecule has 0 aliphatic rings. The van der Waals surface area contributed by atoms with Crippen LogP contribution in [-0.4, -0.2) is 0 Å². The lowest BCUT2D eigenvalue weighted by Gasteiger charge is -1.97. The Balaban J connectivity index is 2.94. The van der Waals surface area contributed by atoms with E-state index < -0.39 is 5.82 Å². The summed E-state index contributed by atoms with van der Waals surface area (Å²) in [5.41, 5.74) is 0.442. The van der Waals surface area contributed by atoms with Gasteiger partial charge in [0.2, 0.25) is 0 Å². The smallest absolute Gasteiger partial charge is 0.158 e. The highest BCUT2D eigenvalue weighted by molar-refractivity contribution is 9.10. The average molecular weight is 240 g/mol. The number of hydrogen-bond donors (Lipinski definition) is 0. The van der Waals surface area contributed by atoms with Crippen LogP contribution in [0.4, 0.5) is 4.39 Å². The first kappa shape index (κ1) is 8.27. The van der Waals surface area contributed by atoms with Crippen LogP contribution in [0.1, 0.15) is 5.56 Å². The van der Waals surface area contributed by atoms with Gasteiger partial charge < -0.3 is 4.42 Å². The van der Waals surface area contributed by atoms with E-state index in [0.717, 1.165) is 0 Å². The van der Waals surface area contributed by atoms with E-state index in [-0.39, 0.29) is 10.0 Å². The lowest BCUT2D eigenvalue weighted by Crippen LogP contribution is -1.85. The van der Waals surface area contributed by atoms with Gasteiger partial charge in [-0.05, 0) is 28.1 Å². The van der Waals surface area contributed by atoms with Gasteiger partial charge in [-0.1, -0.05) is 0 Å². The number of benzene rings is 1. The molecule has 1 aromatic carbocycles. The summed E-state index contributed by atoms with van der Waals surface area (Å²) in [5, 5.41) is 9.31. The van der Waals surface area contributed by atoms with Crippen LogP contribution in [0.2, 0.25) is 0 Å². The molecule has 4 heteroatoms. The third-order valence-electron chi connectivity index (χ3n) is 1.74. The van der Waals surface area contributed by atoms with Crippen LogP contribution in [0.3, 0.4) is 0 Å². The van der Waals surface area contributed by atoms with Crippen LogP contribution < -0.4 is 0 Å². The summed E-state index contributed by atoms with van der Waals surface area (Å²) in [5.74, 6) is -0.579. The Morgan fingerprint density at radius 1 is 1.54 bits per heavy atom. The molecule has 2 aromatic rings. The van der Waals surface area contributed by atoms with Crippen molar-refractivity contribution >= 4 is 26.9 Å². The van der Waals surface area contributed by atoms with Crippen LogP contribution in [0.25, 0.3) is 11.0 Å². The van der Waals surface area contributed by atoms with Crippen LogP contribution in [0.5, 0.6) is 0 Å². The van der Waals surface area contributed by atoms with Crippen molar-refractivity contribution in [2.75, 3.05) is 0 Å². The average Bonchev–Trinajstić information content (AvgIpc) is 2.59. The summed E-state index contributed by atoms with van der Waals surface area (Å²) in [4.78, 5) is 0. The van der Waals surface area contributed by atoms with E-state index in [2.05, 4.69) is 15.9 Å². The number of nitrogens with zero attached hydrogens (tertiary/aromatic N) is 1. The molecular weight excluding hydrogens is 237 g/mol. The van der Waals surface area contributed by atoms with Gasteiger partial charge in [0.05, 0.1) is 16.3 Å². The minimum atomic E-state index is -0.579. The molecule has 0 bridgehead atoms. The van der Waals surface area contributed by atoms with Gasteiger partial charge in [-0.2, -0.15) is 5.26 Å². The normalized spacial score (nSPS) is 10.2. The Hall–Kier alpha value is -1.34. The maximum absolute atomic E-state index is 13.3. The van der Waals surface area contributed by atoms with Gasteiger partial charge in [-0.15, -0.1) is 0 Å². The quantitative estimate of drug-likeness (QED) is 0.708. The lowest BCUT2D eigenvalue weighted by molar-refractivity contribution is 0.591. The van der Waals surface area contributed by atoms with Crippen molar-refractivity contribution in [2.45, 2.75) is 0 Å². The van der Waals surface area contributed by atoms with E-state index in [0.29, 0.717) is 11.0 Å².